The van der Waals surface area contributed by atoms with Gasteiger partial charge in [-0.05, 0) is 81.7 Å². The molecule has 0 saturated carbocycles. The minimum absolute atomic E-state index is 0.0345. The molecule has 1 unspecified atom stereocenters. The number of methoxy groups -OCH3 is 1. The number of benzene rings is 3. The molecule has 78 heavy (non-hydrogen) atoms. The van der Waals surface area contributed by atoms with Crippen molar-refractivity contribution in [3.05, 3.63) is 101 Å². The number of aromatic hydroxyl groups is 3. The van der Waals surface area contributed by atoms with E-state index in [0.717, 1.165) is 18.2 Å². The van der Waals surface area contributed by atoms with Crippen molar-refractivity contribution in [1.29, 1.82) is 0 Å². The van der Waals surface area contributed by atoms with Crippen LogP contribution in [0.2, 0.25) is 0 Å². The second kappa shape index (κ2) is 25.0. The lowest BCUT2D eigenvalue weighted by Crippen LogP contribution is -2.65. The maximum Gasteiger partial charge on any atom is 0.333 e. The third-order valence-corrected chi connectivity index (χ3v) is 13.2. The molecule has 0 bridgehead atoms. The summed E-state index contributed by atoms with van der Waals surface area (Å²) in [6.07, 6.45) is -21.6. The van der Waals surface area contributed by atoms with Crippen LogP contribution in [0.15, 0.2) is 94.2 Å². The third-order valence-electron chi connectivity index (χ3n) is 13.2. The first-order valence-electron chi connectivity index (χ1n) is 24.4. The lowest BCUT2D eigenvalue weighted by atomic mass is 9.97. The molecule has 424 valence electrons. The molecule has 3 fully saturated rings. The van der Waals surface area contributed by atoms with Crippen LogP contribution in [-0.4, -0.2) is 191 Å². The van der Waals surface area contributed by atoms with E-state index >= 15 is 0 Å². The Balaban J connectivity index is 1.15. The summed E-state index contributed by atoms with van der Waals surface area (Å²) in [5, 5.41) is 129. The van der Waals surface area contributed by atoms with Gasteiger partial charge in [-0.1, -0.05) is 18.2 Å². The van der Waals surface area contributed by atoms with Gasteiger partial charge in [0.15, 0.2) is 41.9 Å². The van der Waals surface area contributed by atoms with Crippen molar-refractivity contribution in [2.75, 3.05) is 20.3 Å². The van der Waals surface area contributed by atoms with Crippen LogP contribution in [0.1, 0.15) is 39.2 Å². The fourth-order valence-corrected chi connectivity index (χ4v) is 8.49. The van der Waals surface area contributed by atoms with E-state index < -0.39 is 157 Å². The molecule has 0 spiro atoms. The average molecular weight is 1100 g/mol. The Kier molecular flexibility index (Phi) is 18.9. The number of carbonyl (C=O) groups is 2. The monoisotopic (exact) mass is 1100 g/mol. The number of aliphatic hydroxyl groups is 9. The van der Waals surface area contributed by atoms with Crippen molar-refractivity contribution in [1.82, 2.24) is 0 Å². The number of aliphatic hydroxyl groups excluding tert-OH is 8. The molecule has 4 aromatic rings. The van der Waals surface area contributed by atoms with Crippen molar-refractivity contribution >= 4 is 29.0 Å². The van der Waals surface area contributed by atoms with E-state index in [0.29, 0.717) is 5.56 Å². The number of phenols is 3. The van der Waals surface area contributed by atoms with Gasteiger partial charge in [0.25, 0.3) is 0 Å². The molecule has 7 rings (SSSR count). The fourth-order valence-electron chi connectivity index (χ4n) is 8.49. The average Bonchev–Trinajstić information content (AvgIpc) is 3.57. The molecule has 0 radical (unpaired) electrons. The maximum absolute atomic E-state index is 14.7. The Labute approximate surface area is 444 Å². The minimum atomic E-state index is -2.11. The van der Waals surface area contributed by atoms with Gasteiger partial charge in [0, 0.05) is 29.3 Å². The number of allylic oxidation sites excluding steroid dienone is 1. The summed E-state index contributed by atoms with van der Waals surface area (Å²) in [5.74, 6) is -4.40. The van der Waals surface area contributed by atoms with Crippen LogP contribution >= 0.6 is 0 Å². The van der Waals surface area contributed by atoms with E-state index in [2.05, 4.69) is 6.58 Å². The summed E-state index contributed by atoms with van der Waals surface area (Å²) in [6.45, 7) is 6.28. The van der Waals surface area contributed by atoms with Gasteiger partial charge in [0.1, 0.15) is 83.7 Å². The Morgan fingerprint density at radius 3 is 2.15 bits per heavy atom. The van der Waals surface area contributed by atoms with Gasteiger partial charge in [-0.25, -0.2) is 9.59 Å². The maximum atomic E-state index is 14.7. The minimum Gasteiger partial charge on any atom is -0.508 e. The quantitative estimate of drug-likeness (QED) is 0.0341. The number of ether oxygens (including phenoxy) is 9. The van der Waals surface area contributed by atoms with Gasteiger partial charge in [0.05, 0.1) is 25.4 Å². The van der Waals surface area contributed by atoms with E-state index in [1.54, 1.807) is 6.92 Å². The zero-order chi connectivity index (χ0) is 56.9. The first-order chi connectivity index (χ1) is 36.9. The zero-order valence-corrected chi connectivity index (χ0v) is 42.4. The normalized spacial score (nSPS) is 30.3. The Morgan fingerprint density at radius 1 is 0.782 bits per heavy atom. The first-order valence-corrected chi connectivity index (χ1v) is 24.4. The highest BCUT2D eigenvalue weighted by molar-refractivity contribution is 5.89. The number of carbonyl (C=O) groups excluding carboxylic acids is 2. The summed E-state index contributed by atoms with van der Waals surface area (Å²) < 4.78 is 57.1. The molecular weight excluding hydrogens is 1040 g/mol. The molecule has 3 aromatic carbocycles. The van der Waals surface area contributed by atoms with E-state index in [9.17, 15) is 75.7 Å². The summed E-state index contributed by atoms with van der Waals surface area (Å²) in [7, 11) is 1.33. The van der Waals surface area contributed by atoms with Crippen molar-refractivity contribution < 1.29 is 118 Å². The van der Waals surface area contributed by atoms with Crippen LogP contribution < -0.4 is 19.6 Å². The van der Waals surface area contributed by atoms with Gasteiger partial charge in [-0.15, -0.1) is 6.58 Å². The van der Waals surface area contributed by atoms with E-state index in [-0.39, 0.29) is 47.0 Å². The van der Waals surface area contributed by atoms with Gasteiger partial charge < -0.3 is 108 Å². The molecule has 4 heterocycles. The number of hydrogen-bond donors (Lipinski definition) is 12. The first kappa shape index (κ1) is 59.0. The summed E-state index contributed by atoms with van der Waals surface area (Å²) in [5.41, 5.74) is -2.14. The second-order valence-corrected chi connectivity index (χ2v) is 19.0. The van der Waals surface area contributed by atoms with E-state index in [1.165, 1.54) is 81.6 Å². The fraction of sp³-hybridized carbons (Fsp3) is 0.453. The van der Waals surface area contributed by atoms with Gasteiger partial charge >= 0.3 is 11.9 Å². The predicted molar refractivity (Wildman–Crippen MR) is 267 cm³/mol. The smallest absolute Gasteiger partial charge is 0.333 e. The molecular formula is C53H62O25. The molecule has 3 aliphatic heterocycles. The molecule has 1 aromatic heterocycles. The van der Waals surface area contributed by atoms with Crippen molar-refractivity contribution in [3.8, 4) is 45.8 Å². The summed E-state index contributed by atoms with van der Waals surface area (Å²) >= 11 is 0. The van der Waals surface area contributed by atoms with Crippen molar-refractivity contribution in [2.24, 2.45) is 0 Å². The van der Waals surface area contributed by atoms with Crippen LogP contribution in [0, 0.1) is 0 Å². The molecule has 0 amide bonds. The number of esters is 2. The standard InChI is InChI=1S/C53H62O25/c1-6-53(4,68)17-7-8-23(2)49(67)76-46-37(59)24(3)71-51(44(46)66)72-28-19-30(57)36-32(20-28)73-45(26-11-13-27(55)14-12-26)47(40(36)62)77-52-48(42(64)38(60)33(21-54)74-52)78-50-43(65)41(63)39(61)34(75-50)22-70-35(58)16-10-25-9-15-29(56)31(18-25)69-5/h6,8-16,18-20,24,33-34,37-39,41-44,46,48,50-52,54-57,59-61,63-66,68H,1,7,17,21-22H2,2-5H3/b16-10+,23-8+/t24-,33+,34-,37-,38+,39-,41+,42-,43-,44+,46+,48+,50+,51-,52-,53?/m0/s1. The molecule has 3 saturated heterocycles. The zero-order valence-electron chi connectivity index (χ0n) is 42.4. The Hall–Kier alpha value is -6.69. The van der Waals surface area contributed by atoms with Crippen LogP contribution in [0.5, 0.6) is 34.5 Å². The number of rotatable bonds is 19. The van der Waals surface area contributed by atoms with Gasteiger partial charge in [-0.2, -0.15) is 0 Å². The van der Waals surface area contributed by atoms with Crippen LogP contribution in [0.25, 0.3) is 28.4 Å². The van der Waals surface area contributed by atoms with Crippen LogP contribution in [0.3, 0.4) is 0 Å². The summed E-state index contributed by atoms with van der Waals surface area (Å²) in [6, 6.07) is 11.3. The third kappa shape index (κ3) is 13.2. The van der Waals surface area contributed by atoms with Gasteiger partial charge in [0.2, 0.25) is 23.8 Å². The Morgan fingerprint density at radius 2 is 1.47 bits per heavy atom. The SMILES string of the molecule is C=CC(C)(O)CC/C=C(\C)C(=O)O[C@@H]1[C@@H](O)[C@H](C)O[C@@H](Oc2cc(O)c3c(=O)c(O[C@@H]4O[C@H](CO)[C@@H](O)[C@H](O)[C@H]4O[C@H]4O[C@@H](COC(=O)/C=C/c5ccc(O)c(OC)c5)[C@H](O)[C@@H](O)[C@@H]4O)c(-c4ccc(O)cc4)oc3c2)[C@@H]1O. The Bertz CT molecular complexity index is 2880. The molecule has 25 nitrogen and oxygen atoms in total. The highest BCUT2D eigenvalue weighted by Gasteiger charge is 2.52. The second-order valence-electron chi connectivity index (χ2n) is 19.0. The van der Waals surface area contributed by atoms with Crippen LogP contribution in [0.4, 0.5) is 0 Å². The topological polar surface area (TPSA) is 390 Å². The number of hydrogen-bond acceptors (Lipinski definition) is 25. The molecule has 3 aliphatic rings. The highest BCUT2D eigenvalue weighted by Crippen LogP contribution is 2.40. The lowest BCUT2D eigenvalue weighted by molar-refractivity contribution is -0.358. The molecule has 0 aliphatic carbocycles. The van der Waals surface area contributed by atoms with Crippen LogP contribution in [-0.2, 0) is 38.0 Å². The number of phenolic OH excluding ortho intramolecular Hbond substituents is 3. The lowest BCUT2D eigenvalue weighted by Gasteiger charge is -2.45. The molecule has 16 atom stereocenters. The van der Waals surface area contributed by atoms with Crippen molar-refractivity contribution in [2.45, 2.75) is 131 Å². The largest absolute Gasteiger partial charge is 0.508 e. The molecule has 25 heteroatoms. The number of fused-ring (bicyclic) bond motifs is 1. The van der Waals surface area contributed by atoms with Crippen molar-refractivity contribution in [3.63, 3.8) is 0 Å². The van der Waals surface area contributed by atoms with E-state index in [1.807, 2.05) is 0 Å². The predicted octanol–water partition coefficient (Wildman–Crippen LogP) is 0.273. The van der Waals surface area contributed by atoms with Gasteiger partial charge in [-0.3, -0.25) is 4.79 Å². The molecule has 12 N–H and O–H groups in total. The van der Waals surface area contributed by atoms with E-state index in [4.69, 9.17) is 47.0 Å². The highest BCUT2D eigenvalue weighted by atomic mass is 16.8. The summed E-state index contributed by atoms with van der Waals surface area (Å²) in [4.78, 5) is 40.5.